The van der Waals surface area contributed by atoms with Gasteiger partial charge in [-0.3, -0.25) is 0 Å². The molecule has 0 aliphatic carbocycles. The van der Waals surface area contributed by atoms with Crippen molar-refractivity contribution in [2.45, 2.75) is 13.0 Å². The van der Waals surface area contributed by atoms with Crippen LogP contribution in [0.15, 0.2) is 18.2 Å². The van der Waals surface area contributed by atoms with Crippen LogP contribution in [0.3, 0.4) is 0 Å². The van der Waals surface area contributed by atoms with Gasteiger partial charge in [0.2, 0.25) is 0 Å². The van der Waals surface area contributed by atoms with E-state index in [9.17, 15) is 0 Å². The molecule has 4 heteroatoms. The molecule has 0 radical (unpaired) electrons. The monoisotopic (exact) mass is 238 g/mol. The predicted molar refractivity (Wildman–Crippen MR) is 74.5 cm³/mol. The Balaban J connectivity index is 3.32. The van der Waals surface area contributed by atoms with Crippen LogP contribution in [0, 0.1) is 0 Å². The molecule has 0 aliphatic heterocycles. The molecule has 1 aromatic carbocycles. The molecule has 0 fully saturated rings. The zero-order chi connectivity index (χ0) is 12.3. The van der Waals surface area contributed by atoms with E-state index >= 15 is 0 Å². The van der Waals surface area contributed by atoms with Gasteiger partial charge in [-0.1, -0.05) is 12.1 Å². The summed E-state index contributed by atoms with van der Waals surface area (Å²) in [4.78, 5) is 4.29. The van der Waals surface area contributed by atoms with Crippen LogP contribution in [0.4, 0.5) is 11.4 Å². The lowest BCUT2D eigenvalue weighted by Gasteiger charge is -2.27. The van der Waals surface area contributed by atoms with E-state index in [1.54, 1.807) is 0 Å². The number of nitrogens with zero attached hydrogens (tertiary/aromatic N) is 2. The fraction of sp³-hybridized carbons (Fsp3) is 0.500. The summed E-state index contributed by atoms with van der Waals surface area (Å²) < 4.78 is 5.56. The highest BCUT2D eigenvalue weighted by molar-refractivity contribution is 5.98. The van der Waals surface area contributed by atoms with Gasteiger partial charge in [-0.2, -0.15) is 0 Å². The lowest BCUT2D eigenvalue weighted by Crippen LogP contribution is -2.19. The van der Waals surface area contributed by atoms with Crippen LogP contribution in [0.2, 0.25) is 0 Å². The smallest absolute Gasteiger partial charge is 0.146 e. The topological polar surface area (TPSA) is 15.7 Å². The van der Waals surface area contributed by atoms with Crippen LogP contribution in [-0.4, -0.2) is 38.7 Å². The minimum Gasteiger partial charge on any atom is -0.421 e. The first-order chi connectivity index (χ1) is 7.49. The van der Waals surface area contributed by atoms with Crippen LogP contribution in [0.25, 0.3) is 0 Å². The summed E-state index contributed by atoms with van der Waals surface area (Å²) in [6.07, 6.45) is 0.170. The molecule has 1 aromatic rings. The van der Waals surface area contributed by atoms with E-state index in [1.807, 2.05) is 0 Å². The fourth-order valence-corrected chi connectivity index (χ4v) is 2.11. The summed E-state index contributed by atoms with van der Waals surface area (Å²) >= 11 is 0. The van der Waals surface area contributed by atoms with Crippen molar-refractivity contribution < 1.29 is 4.43 Å². The maximum Gasteiger partial charge on any atom is 0.146 e. The maximum absolute atomic E-state index is 5.56. The number of anilines is 2. The second-order valence-electron chi connectivity index (χ2n) is 4.38. The Labute approximate surface area is 102 Å². The van der Waals surface area contributed by atoms with Crippen LogP contribution in [0.1, 0.15) is 18.6 Å². The van der Waals surface area contributed by atoms with Gasteiger partial charge in [-0.25, -0.2) is 0 Å². The van der Waals surface area contributed by atoms with Gasteiger partial charge in [0.15, 0.2) is 0 Å². The molecule has 0 spiro atoms. The van der Waals surface area contributed by atoms with Gasteiger partial charge in [-0.15, -0.1) is 0 Å². The van der Waals surface area contributed by atoms with E-state index in [2.05, 4.69) is 63.1 Å². The minimum absolute atomic E-state index is 0.170. The quantitative estimate of drug-likeness (QED) is 0.733. The summed E-state index contributed by atoms with van der Waals surface area (Å²) in [6.45, 7) is 2.11. The number of para-hydroxylation sites is 1. The van der Waals surface area contributed by atoms with E-state index in [-0.39, 0.29) is 6.10 Å². The van der Waals surface area contributed by atoms with Gasteiger partial charge < -0.3 is 14.2 Å². The van der Waals surface area contributed by atoms with Gasteiger partial charge in [0.05, 0.1) is 17.5 Å². The highest BCUT2D eigenvalue weighted by Gasteiger charge is 2.15. The molecule has 0 heterocycles. The van der Waals surface area contributed by atoms with E-state index in [0.29, 0.717) is 0 Å². The molecule has 90 valence electrons. The molecule has 1 rings (SSSR count). The van der Waals surface area contributed by atoms with Crippen molar-refractivity contribution in [3.63, 3.8) is 0 Å². The van der Waals surface area contributed by atoms with Crippen LogP contribution < -0.4 is 9.80 Å². The summed E-state index contributed by atoms with van der Waals surface area (Å²) in [5.74, 6) is 0. The Kier molecular flexibility index (Phi) is 4.38. The molecular weight excluding hydrogens is 216 g/mol. The van der Waals surface area contributed by atoms with Crippen molar-refractivity contribution in [1.82, 2.24) is 0 Å². The average Bonchev–Trinajstić information content (AvgIpc) is 2.26. The lowest BCUT2D eigenvalue weighted by atomic mass is 10.1. The van der Waals surface area contributed by atoms with Gasteiger partial charge in [-0.05, 0) is 13.0 Å². The van der Waals surface area contributed by atoms with Gasteiger partial charge in [0.1, 0.15) is 10.5 Å². The zero-order valence-corrected chi connectivity index (χ0v) is 13.1. The first-order valence-electron chi connectivity index (χ1n) is 5.49. The fourth-order valence-electron chi connectivity index (χ4n) is 1.85. The van der Waals surface area contributed by atoms with Gasteiger partial charge in [0, 0.05) is 33.8 Å². The maximum atomic E-state index is 5.56. The highest BCUT2D eigenvalue weighted by Crippen LogP contribution is 2.35. The second-order valence-corrected chi connectivity index (χ2v) is 4.85. The van der Waals surface area contributed by atoms with Gasteiger partial charge >= 0.3 is 0 Å². The molecule has 16 heavy (non-hydrogen) atoms. The summed E-state index contributed by atoms with van der Waals surface area (Å²) in [6, 6.07) is 6.37. The average molecular weight is 238 g/mol. The highest BCUT2D eigenvalue weighted by atomic mass is 28.2. The Bertz CT molecular complexity index is 353. The molecule has 0 aromatic heterocycles. The first-order valence-corrected chi connectivity index (χ1v) is 6.31. The van der Waals surface area contributed by atoms with E-state index in [1.165, 1.54) is 16.9 Å². The Hall–Kier alpha value is -1.00. The summed E-state index contributed by atoms with van der Waals surface area (Å²) in [7, 11) is 9.05. The first kappa shape index (κ1) is 13.1. The van der Waals surface area contributed by atoms with Crippen LogP contribution in [0.5, 0.6) is 0 Å². The van der Waals surface area contributed by atoms with Crippen LogP contribution >= 0.6 is 0 Å². The number of benzene rings is 1. The molecule has 0 amide bonds. The molecule has 0 aliphatic rings. The second kappa shape index (κ2) is 5.36. The van der Waals surface area contributed by atoms with Crippen molar-refractivity contribution in [2.24, 2.45) is 0 Å². The predicted octanol–water partition coefficient (Wildman–Crippen LogP) is 1.18. The molecule has 1 unspecified atom stereocenters. The molecule has 0 saturated heterocycles. The molecule has 1 atom stereocenters. The summed E-state index contributed by atoms with van der Waals surface area (Å²) in [5, 5.41) is 0. The standard InChI is InChI=1S/C12H22N2OSi/c1-9(15-16)10-7-6-8-11(13(2)3)12(10)14(4)5/h6-9H,1-5,16H3. The number of hydrogen-bond donors (Lipinski definition) is 0. The lowest BCUT2D eigenvalue weighted by molar-refractivity contribution is 0.251. The molecule has 0 N–H and O–H groups in total. The van der Waals surface area contributed by atoms with E-state index in [4.69, 9.17) is 4.43 Å². The molecule has 0 bridgehead atoms. The van der Waals surface area contributed by atoms with Crippen molar-refractivity contribution in [2.75, 3.05) is 38.0 Å². The molecule has 3 nitrogen and oxygen atoms in total. The number of hydrogen-bond acceptors (Lipinski definition) is 3. The zero-order valence-electron chi connectivity index (χ0n) is 11.1. The molecule has 0 saturated carbocycles. The largest absolute Gasteiger partial charge is 0.421 e. The summed E-state index contributed by atoms with van der Waals surface area (Å²) in [5.41, 5.74) is 3.73. The number of rotatable bonds is 4. The third-order valence-electron chi connectivity index (χ3n) is 2.77. The normalized spacial score (nSPS) is 12.6. The van der Waals surface area contributed by atoms with Crippen molar-refractivity contribution in [3.8, 4) is 0 Å². The van der Waals surface area contributed by atoms with Crippen molar-refractivity contribution in [1.29, 1.82) is 0 Å². The third kappa shape index (κ3) is 2.57. The molecular formula is C12H22N2OSi. The Morgan fingerprint density at radius 3 is 2.19 bits per heavy atom. The van der Waals surface area contributed by atoms with Crippen LogP contribution in [-0.2, 0) is 4.43 Å². The third-order valence-corrected chi connectivity index (χ3v) is 3.47. The van der Waals surface area contributed by atoms with Gasteiger partial charge in [0.25, 0.3) is 0 Å². The SMILES string of the molecule is CC(O[SiH3])c1cccc(N(C)C)c1N(C)C. The van der Waals surface area contributed by atoms with E-state index < -0.39 is 0 Å². The Morgan fingerprint density at radius 2 is 1.75 bits per heavy atom. The minimum atomic E-state index is 0.170. The van der Waals surface area contributed by atoms with Crippen molar-refractivity contribution >= 4 is 21.9 Å². The van der Waals surface area contributed by atoms with E-state index in [0.717, 1.165) is 10.5 Å². The Morgan fingerprint density at radius 1 is 1.12 bits per heavy atom. The van der Waals surface area contributed by atoms with Crippen molar-refractivity contribution in [3.05, 3.63) is 23.8 Å².